The smallest absolute Gasteiger partial charge is 0.356 e. The third-order valence-electron chi connectivity index (χ3n) is 3.31. The summed E-state index contributed by atoms with van der Waals surface area (Å²) in [6.07, 6.45) is 1.85. The van der Waals surface area contributed by atoms with Crippen molar-refractivity contribution in [3.63, 3.8) is 0 Å². The van der Waals surface area contributed by atoms with Gasteiger partial charge in [0.1, 0.15) is 10.7 Å². The number of methoxy groups -OCH3 is 1. The van der Waals surface area contributed by atoms with Crippen molar-refractivity contribution < 1.29 is 9.53 Å². The van der Waals surface area contributed by atoms with Gasteiger partial charge in [-0.1, -0.05) is 11.6 Å². The summed E-state index contributed by atoms with van der Waals surface area (Å²) in [5.41, 5.74) is 2.45. The van der Waals surface area contributed by atoms with Crippen LogP contribution in [0, 0.1) is 6.92 Å². The Labute approximate surface area is 131 Å². The summed E-state index contributed by atoms with van der Waals surface area (Å²) >= 11 is 6.23. The van der Waals surface area contributed by atoms with Crippen molar-refractivity contribution in [2.45, 2.75) is 20.4 Å². The van der Waals surface area contributed by atoms with Gasteiger partial charge in [0.2, 0.25) is 0 Å². The molecule has 114 valence electrons. The number of nitrogens with zero attached hydrogens (tertiary/aromatic N) is 5. The Morgan fingerprint density at radius 1 is 1.36 bits per heavy atom. The normalized spacial score (nSPS) is 11.1. The number of rotatable bonds is 3. The molecule has 0 fully saturated rings. The van der Waals surface area contributed by atoms with Crippen molar-refractivity contribution in [2.75, 3.05) is 7.11 Å². The van der Waals surface area contributed by atoms with Crippen LogP contribution in [0.2, 0.25) is 5.02 Å². The van der Waals surface area contributed by atoms with E-state index >= 15 is 0 Å². The van der Waals surface area contributed by atoms with Gasteiger partial charge in [-0.25, -0.2) is 14.3 Å². The lowest BCUT2D eigenvalue weighted by atomic mass is 10.2. The number of hydrogen-bond acceptors (Lipinski definition) is 5. The number of esters is 1. The van der Waals surface area contributed by atoms with E-state index in [0.29, 0.717) is 27.8 Å². The minimum absolute atomic E-state index is 0.253. The van der Waals surface area contributed by atoms with E-state index in [-0.39, 0.29) is 5.69 Å². The summed E-state index contributed by atoms with van der Waals surface area (Å²) < 4.78 is 7.99. The van der Waals surface area contributed by atoms with Crippen molar-refractivity contribution in [2.24, 2.45) is 0 Å². The molecule has 3 heterocycles. The fraction of sp³-hybridized carbons (Fsp3) is 0.286. The van der Waals surface area contributed by atoms with E-state index in [4.69, 9.17) is 16.3 Å². The van der Waals surface area contributed by atoms with Crippen LogP contribution < -0.4 is 0 Å². The number of ether oxygens (including phenoxy) is 1. The van der Waals surface area contributed by atoms with E-state index in [1.54, 1.807) is 17.7 Å². The third-order valence-corrected chi connectivity index (χ3v) is 3.76. The zero-order chi connectivity index (χ0) is 15.9. The highest BCUT2D eigenvalue weighted by Crippen LogP contribution is 2.25. The largest absolute Gasteiger partial charge is 0.464 e. The van der Waals surface area contributed by atoms with Crippen LogP contribution >= 0.6 is 11.6 Å². The summed E-state index contributed by atoms with van der Waals surface area (Å²) in [5.74, 6) is -0.511. The maximum atomic E-state index is 12.0. The fourth-order valence-corrected chi connectivity index (χ4v) is 2.31. The highest BCUT2D eigenvalue weighted by atomic mass is 35.5. The van der Waals surface area contributed by atoms with E-state index in [1.165, 1.54) is 11.6 Å². The van der Waals surface area contributed by atoms with E-state index in [1.807, 2.05) is 19.2 Å². The average Bonchev–Trinajstić information content (AvgIpc) is 3.12. The van der Waals surface area contributed by atoms with Crippen molar-refractivity contribution in [3.8, 4) is 11.4 Å². The van der Waals surface area contributed by atoms with Crippen molar-refractivity contribution in [1.29, 1.82) is 0 Å². The van der Waals surface area contributed by atoms with Crippen molar-refractivity contribution >= 4 is 23.2 Å². The summed E-state index contributed by atoms with van der Waals surface area (Å²) in [6, 6.07) is 3.43. The Kier molecular flexibility index (Phi) is 3.58. The average molecular weight is 320 g/mol. The Bertz CT molecular complexity index is 868. The Morgan fingerprint density at radius 2 is 2.14 bits per heavy atom. The van der Waals surface area contributed by atoms with Gasteiger partial charge in [-0.15, -0.1) is 0 Å². The Balaban J connectivity index is 2.27. The molecule has 3 aromatic heterocycles. The molecule has 8 heteroatoms. The summed E-state index contributed by atoms with van der Waals surface area (Å²) in [4.78, 5) is 16.5. The second kappa shape index (κ2) is 5.42. The van der Waals surface area contributed by atoms with Gasteiger partial charge in [0.25, 0.3) is 0 Å². The first-order chi connectivity index (χ1) is 10.5. The minimum Gasteiger partial charge on any atom is -0.464 e. The van der Waals surface area contributed by atoms with Crippen LogP contribution in [-0.4, -0.2) is 37.5 Å². The zero-order valence-electron chi connectivity index (χ0n) is 12.4. The monoisotopic (exact) mass is 319 g/mol. The van der Waals surface area contributed by atoms with Gasteiger partial charge < -0.3 is 4.74 Å². The Hall–Kier alpha value is -2.41. The van der Waals surface area contributed by atoms with Crippen LogP contribution in [-0.2, 0) is 11.3 Å². The highest BCUT2D eigenvalue weighted by Gasteiger charge is 2.20. The van der Waals surface area contributed by atoms with Crippen LogP contribution in [0.5, 0.6) is 0 Å². The van der Waals surface area contributed by atoms with Gasteiger partial charge >= 0.3 is 5.97 Å². The number of hydrogen-bond donors (Lipinski definition) is 0. The van der Waals surface area contributed by atoms with Crippen LogP contribution in [0.4, 0.5) is 0 Å². The molecule has 0 aliphatic heterocycles. The summed E-state index contributed by atoms with van der Waals surface area (Å²) in [7, 11) is 1.32. The van der Waals surface area contributed by atoms with Gasteiger partial charge in [-0.2, -0.15) is 10.2 Å². The number of aromatic nitrogens is 5. The first-order valence-electron chi connectivity index (χ1n) is 6.73. The molecule has 22 heavy (non-hydrogen) atoms. The molecule has 0 radical (unpaired) electrons. The third kappa shape index (κ3) is 2.23. The highest BCUT2D eigenvalue weighted by molar-refractivity contribution is 6.34. The standard InChI is InChI=1S/C14H14ClN5O2/c1-4-19-6-5-9(18-19)10-7-11(14(21)22-3)20-13(16-10)12(15)8(2)17-20/h5-7H,4H2,1-3H3. The molecular weight excluding hydrogens is 306 g/mol. The van der Waals surface area contributed by atoms with E-state index < -0.39 is 5.97 Å². The second-order valence-corrected chi connectivity index (χ2v) is 5.09. The van der Waals surface area contributed by atoms with E-state index in [0.717, 1.165) is 6.54 Å². The lowest BCUT2D eigenvalue weighted by molar-refractivity contribution is 0.0590. The topological polar surface area (TPSA) is 74.3 Å². The van der Waals surface area contributed by atoms with Gasteiger partial charge in [-0.3, -0.25) is 4.68 Å². The molecule has 7 nitrogen and oxygen atoms in total. The number of halogens is 1. The molecule has 0 amide bonds. The summed E-state index contributed by atoms with van der Waals surface area (Å²) in [5, 5.41) is 9.04. The molecule has 0 unspecified atom stereocenters. The van der Waals surface area contributed by atoms with Crippen molar-refractivity contribution in [1.82, 2.24) is 24.4 Å². The Morgan fingerprint density at radius 3 is 2.77 bits per heavy atom. The van der Waals surface area contributed by atoms with Gasteiger partial charge in [0.05, 0.1) is 18.5 Å². The molecule has 3 rings (SSSR count). The van der Waals surface area contributed by atoms with Crippen LogP contribution in [0.15, 0.2) is 18.3 Å². The minimum atomic E-state index is -0.511. The maximum Gasteiger partial charge on any atom is 0.356 e. The molecule has 0 bridgehead atoms. The predicted molar refractivity (Wildman–Crippen MR) is 81.0 cm³/mol. The second-order valence-electron chi connectivity index (χ2n) is 4.71. The van der Waals surface area contributed by atoms with Crippen LogP contribution in [0.3, 0.4) is 0 Å². The van der Waals surface area contributed by atoms with Crippen LogP contribution in [0.1, 0.15) is 23.1 Å². The van der Waals surface area contributed by atoms with E-state index in [9.17, 15) is 4.79 Å². The maximum absolute atomic E-state index is 12.0. The van der Waals surface area contributed by atoms with Gasteiger partial charge in [0.15, 0.2) is 11.3 Å². The molecule has 0 aromatic carbocycles. The number of carbonyl (C=O) groups excluding carboxylic acids is 1. The molecule has 0 spiro atoms. The quantitative estimate of drug-likeness (QED) is 0.693. The molecule has 0 aliphatic rings. The van der Waals surface area contributed by atoms with Gasteiger partial charge in [-0.05, 0) is 26.0 Å². The van der Waals surface area contributed by atoms with Crippen molar-refractivity contribution in [3.05, 3.63) is 34.7 Å². The summed E-state index contributed by atoms with van der Waals surface area (Å²) in [6.45, 7) is 4.49. The molecule has 0 saturated carbocycles. The fourth-order valence-electron chi connectivity index (χ4n) is 2.15. The first-order valence-corrected chi connectivity index (χ1v) is 7.11. The van der Waals surface area contributed by atoms with Gasteiger partial charge in [0, 0.05) is 12.7 Å². The SMILES string of the molecule is CCn1ccc(-c2cc(C(=O)OC)n3nc(C)c(Cl)c3n2)n1. The number of carbonyl (C=O) groups is 1. The first kappa shape index (κ1) is 14.5. The molecule has 3 aromatic rings. The van der Waals surface area contributed by atoms with Crippen LogP contribution in [0.25, 0.3) is 17.0 Å². The molecule has 0 atom stereocenters. The predicted octanol–water partition coefficient (Wildman–Crippen LogP) is 2.36. The zero-order valence-corrected chi connectivity index (χ0v) is 13.1. The molecule has 0 saturated heterocycles. The molecule has 0 aliphatic carbocycles. The lowest BCUT2D eigenvalue weighted by Gasteiger charge is -2.05. The number of fused-ring (bicyclic) bond motifs is 1. The number of aryl methyl sites for hydroxylation is 2. The van der Waals surface area contributed by atoms with E-state index in [2.05, 4.69) is 15.2 Å². The molecular formula is C14H14ClN5O2. The lowest BCUT2D eigenvalue weighted by Crippen LogP contribution is -2.11. The molecule has 0 N–H and O–H groups in total.